The van der Waals surface area contributed by atoms with Crippen LogP contribution < -0.4 is 4.90 Å². The van der Waals surface area contributed by atoms with Crippen LogP contribution in [-0.2, 0) is 6.54 Å². The number of aryl methyl sites for hydroxylation is 1. The highest BCUT2D eigenvalue weighted by Crippen LogP contribution is 2.25. The second-order valence-electron chi connectivity index (χ2n) is 8.34. The average Bonchev–Trinajstić information content (AvgIpc) is 3.27. The van der Waals surface area contributed by atoms with Gasteiger partial charge in [-0.2, -0.15) is 0 Å². The molecule has 1 atom stereocenters. The molecule has 0 spiro atoms. The molecule has 0 amide bonds. The van der Waals surface area contributed by atoms with Gasteiger partial charge in [0.2, 0.25) is 0 Å². The number of benzene rings is 1. The summed E-state index contributed by atoms with van der Waals surface area (Å²) in [7, 11) is 4.24. The molecule has 2 heterocycles. The minimum absolute atomic E-state index is 0.0352. The highest BCUT2D eigenvalue weighted by atomic mass is 32.2. The number of nitrogens with one attached hydrogen (secondary N) is 2. The molecule has 32 heavy (non-hydrogen) atoms. The maximum atomic E-state index is 13.0. The van der Waals surface area contributed by atoms with Crippen LogP contribution in [0.25, 0.3) is 0 Å². The van der Waals surface area contributed by atoms with E-state index in [1.807, 2.05) is 32.0 Å². The van der Waals surface area contributed by atoms with Crippen molar-refractivity contribution in [1.82, 2.24) is 19.7 Å². The lowest BCUT2D eigenvalue weighted by molar-refractivity contribution is -0.893. The third-order valence-electron chi connectivity index (χ3n) is 5.75. The van der Waals surface area contributed by atoms with E-state index in [1.165, 1.54) is 23.6 Å². The van der Waals surface area contributed by atoms with Gasteiger partial charge in [0.15, 0.2) is 22.5 Å². The quantitative estimate of drug-likeness (QED) is 0.363. The zero-order chi connectivity index (χ0) is 23.4. The summed E-state index contributed by atoms with van der Waals surface area (Å²) in [4.78, 5) is 29.3. The van der Waals surface area contributed by atoms with Crippen LogP contribution in [0.5, 0.6) is 0 Å². The summed E-state index contributed by atoms with van der Waals surface area (Å²) in [6, 6.07) is 10.4. The minimum Gasteiger partial charge on any atom is -0.355 e. The molecular formula is C24H32N5O2S+. The SMILES string of the molecule is CC[C@@H](c1nnc(SCC(=O)c2[nH]c(C)c(C(C)=O)c2C)n1Cc1ccccc1)[NH+](C)C. The van der Waals surface area contributed by atoms with Gasteiger partial charge in [0.25, 0.3) is 0 Å². The van der Waals surface area contributed by atoms with Crippen LogP contribution in [0.4, 0.5) is 0 Å². The molecule has 0 aliphatic rings. The summed E-state index contributed by atoms with van der Waals surface area (Å²) in [6.45, 7) is 7.97. The lowest BCUT2D eigenvalue weighted by Crippen LogP contribution is -3.06. The van der Waals surface area contributed by atoms with E-state index >= 15 is 0 Å². The van der Waals surface area contributed by atoms with Crippen LogP contribution in [0.2, 0.25) is 0 Å². The predicted octanol–water partition coefficient (Wildman–Crippen LogP) is 3.04. The molecule has 170 valence electrons. The van der Waals surface area contributed by atoms with E-state index in [2.05, 4.69) is 52.9 Å². The van der Waals surface area contributed by atoms with Crippen LogP contribution in [0.1, 0.15) is 69.8 Å². The van der Waals surface area contributed by atoms with Crippen molar-refractivity contribution in [3.8, 4) is 0 Å². The molecule has 8 heteroatoms. The first kappa shape index (κ1) is 23.9. The highest BCUT2D eigenvalue weighted by molar-refractivity contribution is 7.99. The first-order valence-corrected chi connectivity index (χ1v) is 11.9. The molecule has 0 bridgehead atoms. The molecule has 2 N–H and O–H groups in total. The van der Waals surface area contributed by atoms with Gasteiger partial charge in [-0.1, -0.05) is 49.0 Å². The number of ketones is 2. The number of Topliss-reactive ketones (excluding diaryl/α,β-unsaturated/α-hetero) is 2. The van der Waals surface area contributed by atoms with Crippen molar-refractivity contribution in [3.63, 3.8) is 0 Å². The number of thioether (sulfide) groups is 1. The number of hydrogen-bond acceptors (Lipinski definition) is 5. The Hall–Kier alpha value is -2.71. The van der Waals surface area contributed by atoms with Gasteiger partial charge in [-0.05, 0) is 31.9 Å². The molecule has 0 aliphatic heterocycles. The van der Waals surface area contributed by atoms with E-state index in [0.717, 1.165) is 28.7 Å². The van der Waals surface area contributed by atoms with E-state index in [4.69, 9.17) is 0 Å². The van der Waals surface area contributed by atoms with Crippen molar-refractivity contribution in [1.29, 1.82) is 0 Å². The molecule has 0 unspecified atom stereocenters. The van der Waals surface area contributed by atoms with Gasteiger partial charge in [-0.25, -0.2) is 0 Å². The summed E-state index contributed by atoms with van der Waals surface area (Å²) >= 11 is 1.39. The lowest BCUT2D eigenvalue weighted by Gasteiger charge is -2.20. The van der Waals surface area contributed by atoms with Crippen molar-refractivity contribution in [2.45, 2.75) is 51.9 Å². The van der Waals surface area contributed by atoms with Crippen LogP contribution in [-0.4, -0.2) is 51.2 Å². The normalized spacial score (nSPS) is 12.3. The number of aromatic amines is 1. The Bertz CT molecular complexity index is 1100. The Kier molecular flexibility index (Phi) is 7.69. The fourth-order valence-electron chi connectivity index (χ4n) is 4.19. The van der Waals surface area contributed by atoms with E-state index in [1.54, 1.807) is 0 Å². The maximum Gasteiger partial charge on any atom is 0.192 e. The third-order valence-corrected chi connectivity index (χ3v) is 6.71. The van der Waals surface area contributed by atoms with Crippen molar-refractivity contribution in [3.05, 3.63) is 64.2 Å². The van der Waals surface area contributed by atoms with Gasteiger partial charge in [0.1, 0.15) is 6.04 Å². The Morgan fingerprint density at radius 2 is 1.84 bits per heavy atom. The Morgan fingerprint density at radius 1 is 1.16 bits per heavy atom. The molecule has 0 aliphatic carbocycles. The van der Waals surface area contributed by atoms with Crippen LogP contribution in [0.3, 0.4) is 0 Å². The molecule has 0 fully saturated rings. The third kappa shape index (κ3) is 5.02. The van der Waals surface area contributed by atoms with Crippen LogP contribution >= 0.6 is 11.8 Å². The number of carbonyl (C=O) groups excluding carboxylic acids is 2. The van der Waals surface area contributed by atoms with Gasteiger partial charge in [0, 0.05) is 17.7 Å². The molecule has 0 radical (unpaired) electrons. The van der Waals surface area contributed by atoms with Crippen LogP contribution in [0, 0.1) is 13.8 Å². The molecule has 3 rings (SSSR count). The van der Waals surface area contributed by atoms with E-state index < -0.39 is 0 Å². The number of carbonyl (C=O) groups is 2. The average molecular weight is 455 g/mol. The number of quaternary nitrogens is 1. The van der Waals surface area contributed by atoms with E-state index in [-0.39, 0.29) is 23.4 Å². The zero-order valence-corrected chi connectivity index (χ0v) is 20.5. The second-order valence-corrected chi connectivity index (χ2v) is 9.29. The fraction of sp³-hybridized carbons (Fsp3) is 0.417. The monoisotopic (exact) mass is 454 g/mol. The lowest BCUT2D eigenvalue weighted by atomic mass is 10.1. The summed E-state index contributed by atoms with van der Waals surface area (Å²) < 4.78 is 2.13. The molecular weight excluding hydrogens is 422 g/mol. The topological polar surface area (TPSA) is 85.1 Å². The van der Waals surface area contributed by atoms with Gasteiger partial charge in [-0.15, -0.1) is 10.2 Å². The summed E-state index contributed by atoms with van der Waals surface area (Å²) in [5.41, 5.74) is 3.71. The first-order chi connectivity index (χ1) is 15.2. The predicted molar refractivity (Wildman–Crippen MR) is 127 cm³/mol. The number of H-pyrrole nitrogens is 1. The summed E-state index contributed by atoms with van der Waals surface area (Å²) in [6.07, 6.45) is 0.938. The Balaban J connectivity index is 1.88. The minimum atomic E-state index is -0.0517. The molecule has 7 nitrogen and oxygen atoms in total. The fourth-order valence-corrected chi connectivity index (χ4v) is 5.00. The second kappa shape index (κ2) is 10.3. The number of aromatic nitrogens is 4. The van der Waals surface area contributed by atoms with Gasteiger partial charge >= 0.3 is 0 Å². The number of hydrogen-bond donors (Lipinski definition) is 2. The molecule has 3 aromatic rings. The van der Waals surface area contributed by atoms with Gasteiger partial charge < -0.3 is 9.88 Å². The van der Waals surface area contributed by atoms with Gasteiger partial charge in [-0.3, -0.25) is 14.2 Å². The van der Waals surface area contributed by atoms with E-state index in [0.29, 0.717) is 23.4 Å². The van der Waals surface area contributed by atoms with Crippen molar-refractivity contribution in [2.24, 2.45) is 0 Å². The van der Waals surface area contributed by atoms with E-state index in [9.17, 15) is 9.59 Å². The molecule has 2 aromatic heterocycles. The van der Waals surface area contributed by atoms with Crippen LogP contribution in [0.15, 0.2) is 35.5 Å². The van der Waals surface area contributed by atoms with Gasteiger partial charge in [0.05, 0.1) is 32.1 Å². The number of nitrogens with zero attached hydrogens (tertiary/aromatic N) is 3. The van der Waals surface area contributed by atoms with Crippen molar-refractivity contribution >= 4 is 23.3 Å². The standard InChI is InChI=1S/C24H31N5O2S/c1-7-19(28(5)6)23-26-27-24(29(23)13-18-11-9-8-10-12-18)32-14-20(31)22-15(2)21(17(4)30)16(3)25-22/h8-12,19,25H,7,13-14H2,1-6H3/p+1/t19-/m0/s1. The highest BCUT2D eigenvalue weighted by Gasteiger charge is 2.26. The molecule has 1 aromatic carbocycles. The summed E-state index contributed by atoms with van der Waals surface area (Å²) in [5.74, 6) is 1.06. The largest absolute Gasteiger partial charge is 0.355 e. The smallest absolute Gasteiger partial charge is 0.192 e. The summed E-state index contributed by atoms with van der Waals surface area (Å²) in [5, 5.41) is 9.70. The maximum absolute atomic E-state index is 13.0. The van der Waals surface area contributed by atoms with Crippen molar-refractivity contribution < 1.29 is 14.5 Å². The molecule has 0 saturated heterocycles. The molecule has 0 saturated carbocycles. The Labute approximate surface area is 193 Å². The Morgan fingerprint density at radius 3 is 2.41 bits per heavy atom. The zero-order valence-electron chi connectivity index (χ0n) is 19.7. The van der Waals surface area contributed by atoms with Crippen molar-refractivity contribution in [2.75, 3.05) is 19.8 Å². The number of rotatable bonds is 10. The first-order valence-electron chi connectivity index (χ1n) is 10.9.